The summed E-state index contributed by atoms with van der Waals surface area (Å²) >= 11 is 5.96. The van der Waals surface area contributed by atoms with E-state index in [1.807, 2.05) is 0 Å². The first-order valence-electron chi connectivity index (χ1n) is 4.87. The van der Waals surface area contributed by atoms with Crippen LogP contribution in [0.3, 0.4) is 0 Å². The van der Waals surface area contributed by atoms with Crippen molar-refractivity contribution in [3.05, 3.63) is 23.2 Å². The Morgan fingerprint density at radius 1 is 1.56 bits per heavy atom. The number of terminal acetylenes is 1. The zero-order valence-corrected chi connectivity index (χ0v) is 9.24. The first kappa shape index (κ1) is 10.8. The van der Waals surface area contributed by atoms with Gasteiger partial charge < -0.3 is 10.0 Å². The molecule has 16 heavy (non-hydrogen) atoms. The van der Waals surface area contributed by atoms with Crippen LogP contribution in [-0.4, -0.2) is 17.6 Å². The lowest BCUT2D eigenvalue weighted by molar-refractivity contribution is -0.117. The molecule has 3 nitrogen and oxygen atoms in total. The number of carbonyl (C=O) groups excluding carboxylic acids is 1. The summed E-state index contributed by atoms with van der Waals surface area (Å²) in [5.41, 5.74) is 0.599. The highest BCUT2D eigenvalue weighted by Crippen LogP contribution is 2.33. The highest BCUT2D eigenvalue weighted by atomic mass is 35.5. The monoisotopic (exact) mass is 235 g/mol. The van der Waals surface area contributed by atoms with Crippen LogP contribution in [0, 0.1) is 18.3 Å². The number of amides is 1. The summed E-state index contributed by atoms with van der Waals surface area (Å²) in [5.74, 6) is 2.56. The van der Waals surface area contributed by atoms with Gasteiger partial charge in [0.1, 0.15) is 5.75 Å². The van der Waals surface area contributed by atoms with Gasteiger partial charge in [-0.1, -0.05) is 11.6 Å². The lowest BCUT2D eigenvalue weighted by Gasteiger charge is -2.17. The highest BCUT2D eigenvalue weighted by molar-refractivity contribution is 6.34. The molecule has 0 aliphatic carbocycles. The maximum Gasteiger partial charge on any atom is 0.228 e. The minimum Gasteiger partial charge on any atom is -0.508 e. The maximum absolute atomic E-state index is 11.7. The summed E-state index contributed by atoms with van der Waals surface area (Å²) in [6, 6.07) is 4.53. The molecule has 1 saturated heterocycles. The number of halogens is 1. The summed E-state index contributed by atoms with van der Waals surface area (Å²) in [6.45, 7) is 0.486. The molecule has 1 fully saturated rings. The summed E-state index contributed by atoms with van der Waals surface area (Å²) in [5, 5.41) is 9.58. The number of anilines is 1. The Morgan fingerprint density at radius 2 is 2.31 bits per heavy atom. The minimum atomic E-state index is -0.0580. The fraction of sp³-hybridized carbons (Fsp3) is 0.250. The van der Waals surface area contributed by atoms with Gasteiger partial charge in [0.2, 0.25) is 5.91 Å². The van der Waals surface area contributed by atoms with Crippen molar-refractivity contribution in [2.45, 2.75) is 6.42 Å². The zero-order valence-electron chi connectivity index (χ0n) is 8.48. The molecule has 0 spiro atoms. The summed E-state index contributed by atoms with van der Waals surface area (Å²) in [6.07, 6.45) is 5.65. The van der Waals surface area contributed by atoms with Crippen molar-refractivity contribution in [3.63, 3.8) is 0 Å². The van der Waals surface area contributed by atoms with Crippen LogP contribution in [0.5, 0.6) is 5.75 Å². The van der Waals surface area contributed by atoms with Gasteiger partial charge in [-0.3, -0.25) is 4.79 Å². The molecular formula is C12H10ClNO2. The Kier molecular flexibility index (Phi) is 2.76. The number of benzene rings is 1. The molecule has 0 saturated carbocycles. The van der Waals surface area contributed by atoms with Crippen molar-refractivity contribution in [2.75, 3.05) is 11.4 Å². The molecule has 1 aliphatic heterocycles. The van der Waals surface area contributed by atoms with Crippen molar-refractivity contribution in [1.29, 1.82) is 0 Å². The molecule has 0 aromatic heterocycles. The predicted octanol–water partition coefficient (Wildman–Crippen LogP) is 2.03. The van der Waals surface area contributed by atoms with Crippen molar-refractivity contribution >= 4 is 23.2 Å². The number of rotatable bonds is 1. The lowest BCUT2D eigenvalue weighted by Crippen LogP contribution is -2.24. The topological polar surface area (TPSA) is 40.5 Å². The first-order chi connectivity index (χ1) is 7.61. The van der Waals surface area contributed by atoms with E-state index >= 15 is 0 Å². The zero-order chi connectivity index (χ0) is 11.7. The third kappa shape index (κ3) is 1.84. The molecule has 0 bridgehead atoms. The van der Waals surface area contributed by atoms with Crippen LogP contribution >= 0.6 is 11.6 Å². The quantitative estimate of drug-likeness (QED) is 0.757. The average molecular weight is 236 g/mol. The Morgan fingerprint density at radius 3 is 2.88 bits per heavy atom. The van der Waals surface area contributed by atoms with Gasteiger partial charge in [-0.05, 0) is 12.1 Å². The molecule has 1 aliphatic rings. The van der Waals surface area contributed by atoms with Gasteiger partial charge in [-0.15, -0.1) is 12.3 Å². The second-order valence-corrected chi connectivity index (χ2v) is 4.11. The van der Waals surface area contributed by atoms with E-state index in [0.29, 0.717) is 23.7 Å². The fourth-order valence-electron chi connectivity index (χ4n) is 1.77. The van der Waals surface area contributed by atoms with Gasteiger partial charge in [-0.25, -0.2) is 0 Å². The molecule has 82 valence electrons. The number of phenols is 1. The van der Waals surface area contributed by atoms with E-state index in [9.17, 15) is 9.90 Å². The smallest absolute Gasteiger partial charge is 0.228 e. The Labute approximate surface area is 98.6 Å². The Hall–Kier alpha value is -1.66. The van der Waals surface area contributed by atoms with E-state index in [-0.39, 0.29) is 17.6 Å². The molecule has 1 atom stereocenters. The van der Waals surface area contributed by atoms with E-state index in [0.717, 1.165) is 0 Å². The van der Waals surface area contributed by atoms with Crippen LogP contribution in [0.2, 0.25) is 5.02 Å². The SMILES string of the molecule is C#CC1CC(=O)N(c2ccc(O)cc2Cl)C1. The highest BCUT2D eigenvalue weighted by Gasteiger charge is 2.30. The predicted molar refractivity (Wildman–Crippen MR) is 62.4 cm³/mol. The molecule has 1 N–H and O–H groups in total. The molecule has 1 aromatic rings. The summed E-state index contributed by atoms with van der Waals surface area (Å²) < 4.78 is 0. The fourth-order valence-corrected chi connectivity index (χ4v) is 2.04. The Bertz CT molecular complexity index is 478. The third-order valence-electron chi connectivity index (χ3n) is 2.58. The normalized spacial score (nSPS) is 19.9. The van der Waals surface area contributed by atoms with E-state index in [4.69, 9.17) is 18.0 Å². The van der Waals surface area contributed by atoms with Gasteiger partial charge in [0.15, 0.2) is 0 Å². The van der Waals surface area contributed by atoms with E-state index < -0.39 is 0 Å². The minimum absolute atomic E-state index is 0.0319. The number of carbonyl (C=O) groups is 1. The van der Waals surface area contributed by atoms with Gasteiger partial charge >= 0.3 is 0 Å². The summed E-state index contributed by atoms with van der Waals surface area (Å²) in [4.78, 5) is 13.3. The van der Waals surface area contributed by atoms with E-state index in [2.05, 4.69) is 5.92 Å². The molecule has 0 radical (unpaired) electrons. The van der Waals surface area contributed by atoms with Gasteiger partial charge in [0.25, 0.3) is 0 Å². The third-order valence-corrected chi connectivity index (χ3v) is 2.89. The lowest BCUT2D eigenvalue weighted by atomic mass is 10.1. The number of hydrogen-bond donors (Lipinski definition) is 1. The van der Waals surface area contributed by atoms with Crippen LogP contribution in [0.4, 0.5) is 5.69 Å². The van der Waals surface area contributed by atoms with Gasteiger partial charge in [0.05, 0.1) is 10.7 Å². The van der Waals surface area contributed by atoms with Crippen LogP contribution < -0.4 is 4.90 Å². The molecule has 1 heterocycles. The first-order valence-corrected chi connectivity index (χ1v) is 5.24. The van der Waals surface area contributed by atoms with Crippen LogP contribution in [0.1, 0.15) is 6.42 Å². The van der Waals surface area contributed by atoms with Crippen molar-refractivity contribution < 1.29 is 9.90 Å². The van der Waals surface area contributed by atoms with Crippen LogP contribution in [-0.2, 0) is 4.79 Å². The van der Waals surface area contributed by atoms with Crippen molar-refractivity contribution in [2.24, 2.45) is 5.92 Å². The van der Waals surface area contributed by atoms with Crippen molar-refractivity contribution in [3.8, 4) is 18.1 Å². The number of nitrogens with zero attached hydrogens (tertiary/aromatic N) is 1. The number of aromatic hydroxyl groups is 1. The molecule has 2 rings (SSSR count). The molecular weight excluding hydrogens is 226 g/mol. The molecule has 1 unspecified atom stereocenters. The molecule has 1 aromatic carbocycles. The van der Waals surface area contributed by atoms with Crippen LogP contribution in [0.15, 0.2) is 18.2 Å². The largest absolute Gasteiger partial charge is 0.508 e. The van der Waals surface area contributed by atoms with E-state index in [1.165, 1.54) is 12.1 Å². The summed E-state index contributed by atoms with van der Waals surface area (Å²) in [7, 11) is 0. The standard InChI is InChI=1S/C12H10ClNO2/c1-2-8-5-12(16)14(7-8)11-4-3-9(15)6-10(11)13/h1,3-4,6,8,15H,5,7H2. The molecule has 1 amide bonds. The number of hydrogen-bond acceptors (Lipinski definition) is 2. The second kappa shape index (κ2) is 4.07. The Balaban J connectivity index is 2.32. The molecule has 4 heteroatoms. The van der Waals surface area contributed by atoms with E-state index in [1.54, 1.807) is 11.0 Å². The van der Waals surface area contributed by atoms with Crippen molar-refractivity contribution in [1.82, 2.24) is 0 Å². The van der Waals surface area contributed by atoms with Crippen LogP contribution in [0.25, 0.3) is 0 Å². The second-order valence-electron chi connectivity index (χ2n) is 3.71. The average Bonchev–Trinajstić information content (AvgIpc) is 2.60. The van der Waals surface area contributed by atoms with Gasteiger partial charge in [0, 0.05) is 24.9 Å². The maximum atomic E-state index is 11.7. The number of phenolic OH excluding ortho intramolecular Hbond substituents is 1. The van der Waals surface area contributed by atoms with Gasteiger partial charge in [-0.2, -0.15) is 0 Å².